The lowest BCUT2D eigenvalue weighted by atomic mass is 9.92. The summed E-state index contributed by atoms with van der Waals surface area (Å²) in [5.41, 5.74) is 2.33. The Balaban J connectivity index is 1.85. The van der Waals surface area contributed by atoms with Gasteiger partial charge in [-0.15, -0.1) is 0 Å². The molecule has 22 heavy (non-hydrogen) atoms. The summed E-state index contributed by atoms with van der Waals surface area (Å²) in [5, 5.41) is 12.8. The van der Waals surface area contributed by atoms with Gasteiger partial charge in [0.1, 0.15) is 0 Å². The lowest BCUT2D eigenvalue weighted by Gasteiger charge is -2.13. The first-order valence-corrected chi connectivity index (χ1v) is 7.61. The van der Waals surface area contributed by atoms with Gasteiger partial charge in [0.15, 0.2) is 0 Å². The van der Waals surface area contributed by atoms with E-state index in [2.05, 4.69) is 11.4 Å². The molecule has 0 unspecified atom stereocenters. The molecule has 2 aromatic rings. The van der Waals surface area contributed by atoms with E-state index in [4.69, 9.17) is 11.6 Å². The van der Waals surface area contributed by atoms with E-state index < -0.39 is 5.92 Å². The Morgan fingerprint density at radius 3 is 2.55 bits per heavy atom. The Morgan fingerprint density at radius 1 is 1.23 bits per heavy atom. The predicted molar refractivity (Wildman–Crippen MR) is 86.7 cm³/mol. The van der Waals surface area contributed by atoms with Crippen molar-refractivity contribution in [2.45, 2.75) is 18.8 Å². The second-order valence-electron chi connectivity index (χ2n) is 5.47. The Morgan fingerprint density at radius 2 is 1.95 bits per heavy atom. The number of nitriles is 1. The van der Waals surface area contributed by atoms with Crippen molar-refractivity contribution in [3.8, 4) is 6.07 Å². The van der Waals surface area contributed by atoms with Gasteiger partial charge in [-0.1, -0.05) is 48.0 Å². The molecule has 4 heteroatoms. The molecule has 110 valence electrons. The summed E-state index contributed by atoms with van der Waals surface area (Å²) in [7, 11) is 0. The van der Waals surface area contributed by atoms with Crippen molar-refractivity contribution < 1.29 is 4.79 Å². The number of carbonyl (C=O) groups is 1. The van der Waals surface area contributed by atoms with E-state index in [1.165, 1.54) is 0 Å². The van der Waals surface area contributed by atoms with Crippen LogP contribution in [0.25, 0.3) is 0 Å². The number of hydrogen-bond donors (Lipinski definition) is 1. The molecule has 0 aromatic heterocycles. The first-order valence-electron chi connectivity index (χ1n) is 7.24. The highest BCUT2D eigenvalue weighted by molar-refractivity contribution is 6.31. The number of hydrogen-bond acceptors (Lipinski definition) is 2. The predicted octanol–water partition coefficient (Wildman–Crippen LogP) is 4.34. The normalized spacial score (nSPS) is 14.9. The van der Waals surface area contributed by atoms with E-state index >= 15 is 0 Å². The van der Waals surface area contributed by atoms with Crippen molar-refractivity contribution in [2.75, 3.05) is 5.32 Å². The van der Waals surface area contributed by atoms with Crippen LogP contribution in [-0.2, 0) is 4.79 Å². The van der Waals surface area contributed by atoms with Crippen molar-refractivity contribution in [1.82, 2.24) is 0 Å². The quantitative estimate of drug-likeness (QED) is 0.913. The molecule has 1 aliphatic rings. The molecule has 3 rings (SSSR count). The van der Waals surface area contributed by atoms with Gasteiger partial charge < -0.3 is 5.32 Å². The van der Waals surface area contributed by atoms with E-state index in [0.717, 1.165) is 24.0 Å². The zero-order chi connectivity index (χ0) is 15.5. The van der Waals surface area contributed by atoms with E-state index in [-0.39, 0.29) is 11.8 Å². The van der Waals surface area contributed by atoms with Gasteiger partial charge in [0, 0.05) is 16.6 Å². The molecular formula is C18H15ClN2O. The van der Waals surface area contributed by atoms with Crippen LogP contribution in [-0.4, -0.2) is 5.91 Å². The third-order valence-corrected chi connectivity index (χ3v) is 4.12. The summed E-state index contributed by atoms with van der Waals surface area (Å²) >= 11 is 6.33. The van der Waals surface area contributed by atoms with Crippen molar-refractivity contribution in [1.29, 1.82) is 5.26 Å². The van der Waals surface area contributed by atoms with Gasteiger partial charge >= 0.3 is 0 Å². The van der Waals surface area contributed by atoms with Crippen molar-refractivity contribution in [3.63, 3.8) is 0 Å². The minimum atomic E-state index is -0.415. The number of nitrogens with one attached hydrogen (secondary N) is 1. The van der Waals surface area contributed by atoms with Gasteiger partial charge in [-0.3, -0.25) is 4.79 Å². The topological polar surface area (TPSA) is 52.9 Å². The lowest BCUT2D eigenvalue weighted by molar-refractivity contribution is -0.117. The molecule has 1 atom stereocenters. The lowest BCUT2D eigenvalue weighted by Crippen LogP contribution is -2.13. The minimum Gasteiger partial charge on any atom is -0.326 e. The monoisotopic (exact) mass is 310 g/mol. The van der Waals surface area contributed by atoms with Crippen LogP contribution in [0.4, 0.5) is 5.69 Å². The van der Waals surface area contributed by atoms with Crippen molar-refractivity contribution in [2.24, 2.45) is 5.92 Å². The molecule has 3 nitrogen and oxygen atoms in total. The second kappa shape index (κ2) is 6.21. The molecule has 0 heterocycles. The number of rotatable bonds is 4. The van der Waals surface area contributed by atoms with Crippen LogP contribution in [0, 0.1) is 17.2 Å². The SMILES string of the molecule is N#C[C@H](c1ccccc1)c1ccc(NC(=O)C2CC2)cc1Cl. The van der Waals surface area contributed by atoms with Crippen LogP contribution in [0.3, 0.4) is 0 Å². The fourth-order valence-corrected chi connectivity index (χ4v) is 2.69. The fraction of sp³-hybridized carbons (Fsp3) is 0.222. The summed E-state index contributed by atoms with van der Waals surface area (Å²) < 4.78 is 0. The standard InChI is InChI=1S/C18H15ClN2O/c19-17-10-14(21-18(22)13-6-7-13)8-9-15(17)16(11-20)12-4-2-1-3-5-12/h1-5,8-10,13,16H,6-7H2,(H,21,22)/t16-/m1/s1. The van der Waals surface area contributed by atoms with E-state index in [1.54, 1.807) is 12.1 Å². The van der Waals surface area contributed by atoms with Gasteiger partial charge in [-0.25, -0.2) is 0 Å². The molecule has 0 aliphatic heterocycles. The molecule has 1 fully saturated rings. The van der Waals surface area contributed by atoms with Gasteiger partial charge in [0.05, 0.1) is 12.0 Å². The maximum atomic E-state index is 11.8. The summed E-state index contributed by atoms with van der Waals surface area (Å²) in [6.45, 7) is 0. The van der Waals surface area contributed by atoms with Crippen LogP contribution in [0.2, 0.25) is 5.02 Å². The number of benzene rings is 2. The summed E-state index contributed by atoms with van der Waals surface area (Å²) in [5.74, 6) is -0.222. The van der Waals surface area contributed by atoms with Gasteiger partial charge in [-0.05, 0) is 36.1 Å². The average molecular weight is 311 g/mol. The molecule has 1 saturated carbocycles. The highest BCUT2D eigenvalue weighted by Crippen LogP contribution is 2.33. The minimum absolute atomic E-state index is 0.0451. The molecule has 1 N–H and O–H groups in total. The average Bonchev–Trinajstić information content (AvgIpc) is 3.36. The number of anilines is 1. The van der Waals surface area contributed by atoms with Gasteiger partial charge in [0.25, 0.3) is 0 Å². The van der Waals surface area contributed by atoms with Crippen LogP contribution in [0.1, 0.15) is 29.9 Å². The maximum Gasteiger partial charge on any atom is 0.227 e. The molecule has 0 spiro atoms. The fourth-order valence-electron chi connectivity index (χ4n) is 2.40. The molecule has 1 amide bonds. The highest BCUT2D eigenvalue weighted by atomic mass is 35.5. The van der Waals surface area contributed by atoms with Crippen LogP contribution in [0.15, 0.2) is 48.5 Å². The van der Waals surface area contributed by atoms with Crippen molar-refractivity contribution in [3.05, 3.63) is 64.7 Å². The second-order valence-corrected chi connectivity index (χ2v) is 5.88. The number of nitrogens with zero attached hydrogens (tertiary/aromatic N) is 1. The number of amides is 1. The third-order valence-electron chi connectivity index (χ3n) is 3.79. The molecule has 0 radical (unpaired) electrons. The first kappa shape index (κ1) is 14.6. The maximum absolute atomic E-state index is 11.8. The number of carbonyl (C=O) groups excluding carboxylic acids is 1. The molecule has 2 aromatic carbocycles. The smallest absolute Gasteiger partial charge is 0.227 e. The van der Waals surface area contributed by atoms with E-state index in [1.807, 2.05) is 36.4 Å². The zero-order valence-corrected chi connectivity index (χ0v) is 12.7. The molecule has 0 bridgehead atoms. The van der Waals surface area contributed by atoms with Crippen molar-refractivity contribution >= 4 is 23.2 Å². The Labute approximate surface area is 134 Å². The molecule has 0 saturated heterocycles. The summed E-state index contributed by atoms with van der Waals surface area (Å²) in [6.07, 6.45) is 1.92. The summed E-state index contributed by atoms with van der Waals surface area (Å²) in [4.78, 5) is 11.8. The molecule has 1 aliphatic carbocycles. The van der Waals surface area contributed by atoms with Gasteiger partial charge in [0.2, 0.25) is 5.91 Å². The Hall–Kier alpha value is -2.31. The molecular weight excluding hydrogens is 296 g/mol. The number of halogens is 1. The van der Waals surface area contributed by atoms with E-state index in [9.17, 15) is 10.1 Å². The van der Waals surface area contributed by atoms with Crippen LogP contribution in [0.5, 0.6) is 0 Å². The summed E-state index contributed by atoms with van der Waals surface area (Å²) in [6, 6.07) is 17.1. The highest BCUT2D eigenvalue weighted by Gasteiger charge is 2.29. The largest absolute Gasteiger partial charge is 0.326 e. The third kappa shape index (κ3) is 3.13. The van der Waals surface area contributed by atoms with Crippen LogP contribution < -0.4 is 5.32 Å². The Kier molecular flexibility index (Phi) is 4.13. The Bertz CT molecular complexity index is 732. The first-order chi connectivity index (χ1) is 10.7. The van der Waals surface area contributed by atoms with Crippen LogP contribution >= 0.6 is 11.6 Å². The zero-order valence-electron chi connectivity index (χ0n) is 11.9. The van der Waals surface area contributed by atoms with E-state index in [0.29, 0.717) is 10.7 Å². The van der Waals surface area contributed by atoms with Gasteiger partial charge in [-0.2, -0.15) is 5.26 Å².